The lowest BCUT2D eigenvalue weighted by molar-refractivity contribution is -0.145. The summed E-state index contributed by atoms with van der Waals surface area (Å²) in [5.41, 5.74) is 4.77. The number of carbonyl (C=O) groups excluding carboxylic acids is 1. The van der Waals surface area contributed by atoms with E-state index in [1.807, 2.05) is 0 Å². The molecule has 0 spiro atoms. The second-order valence-corrected chi connectivity index (χ2v) is 14.1. The minimum atomic E-state index is -1.39. The highest BCUT2D eigenvalue weighted by Gasteiger charge is 2.28. The molecule has 3 unspecified atom stereocenters. The molecule has 0 radical (unpaired) electrons. The number of aliphatic carboxylic acids is 5. The molecule has 21 heteroatoms. The topological polar surface area (TPSA) is 299 Å². The Labute approximate surface area is 355 Å². The molecule has 0 saturated carbocycles. The van der Waals surface area contributed by atoms with E-state index in [9.17, 15) is 64.5 Å². The lowest BCUT2D eigenvalue weighted by Crippen LogP contribution is -2.52. The van der Waals surface area contributed by atoms with Gasteiger partial charge in [-0.25, -0.2) is 4.79 Å². The highest BCUT2D eigenvalue weighted by molar-refractivity contribution is 7.78. The number of thiocarbonyl (C=S) groups is 1. The Kier molecular flexibility index (Phi) is 20.4. The maximum absolute atomic E-state index is 13.1. The molecule has 3 aromatic rings. The number of phenolic OH excluding ortho intramolecular Hbond substituents is 2. The molecule has 0 aliphatic heterocycles. The molecule has 1 amide bonds. The van der Waals surface area contributed by atoms with Crippen LogP contribution in [-0.2, 0) is 52.9 Å². The Hall–Kier alpha value is -6.32. The van der Waals surface area contributed by atoms with Crippen LogP contribution in [-0.4, -0.2) is 168 Å². The summed E-state index contributed by atoms with van der Waals surface area (Å²) >= 11 is 4.68. The van der Waals surface area contributed by atoms with Gasteiger partial charge < -0.3 is 41.1 Å². The van der Waals surface area contributed by atoms with Crippen LogP contribution in [0.1, 0.15) is 16.7 Å². The number of aliphatic imine (C=N–C) groups is 1. The molecule has 328 valence electrons. The van der Waals surface area contributed by atoms with E-state index in [1.54, 1.807) is 36.4 Å². The molecule has 0 aliphatic rings. The van der Waals surface area contributed by atoms with Crippen molar-refractivity contribution in [2.24, 2.45) is 4.99 Å². The Morgan fingerprint density at radius 3 is 1.61 bits per heavy atom. The summed E-state index contributed by atoms with van der Waals surface area (Å²) in [6.45, 7) is -3.03. The van der Waals surface area contributed by atoms with Crippen LogP contribution in [0.3, 0.4) is 0 Å². The fourth-order valence-corrected chi connectivity index (χ4v) is 6.30. The van der Waals surface area contributed by atoms with Crippen molar-refractivity contribution in [3.8, 4) is 11.5 Å². The zero-order valence-corrected chi connectivity index (χ0v) is 33.6. The molecule has 3 atom stereocenters. The number of carbonyl (C=O) groups is 6. The van der Waals surface area contributed by atoms with E-state index in [-0.39, 0.29) is 63.5 Å². The first-order valence-electron chi connectivity index (χ1n) is 18.7. The fourth-order valence-electron chi connectivity index (χ4n) is 6.20. The summed E-state index contributed by atoms with van der Waals surface area (Å²) in [5, 5.41) is 72.7. The van der Waals surface area contributed by atoms with E-state index in [0.29, 0.717) is 22.4 Å². The van der Waals surface area contributed by atoms with Crippen molar-refractivity contribution in [2.75, 3.05) is 59.0 Å². The van der Waals surface area contributed by atoms with Gasteiger partial charge in [0.2, 0.25) is 5.91 Å². The van der Waals surface area contributed by atoms with Gasteiger partial charge in [0.05, 0.1) is 43.6 Å². The summed E-state index contributed by atoms with van der Waals surface area (Å²) in [7, 11) is 0. The van der Waals surface area contributed by atoms with E-state index in [4.69, 9.17) is 4.84 Å². The van der Waals surface area contributed by atoms with E-state index in [0.717, 1.165) is 0 Å². The monoisotopic (exact) mass is 868 g/mol. The van der Waals surface area contributed by atoms with E-state index in [2.05, 4.69) is 33.2 Å². The van der Waals surface area contributed by atoms with Crippen molar-refractivity contribution in [1.82, 2.24) is 25.5 Å². The van der Waals surface area contributed by atoms with E-state index in [1.165, 1.54) is 51.1 Å². The highest BCUT2D eigenvalue weighted by Crippen LogP contribution is 2.17. The van der Waals surface area contributed by atoms with Gasteiger partial charge in [-0.3, -0.25) is 43.5 Å². The van der Waals surface area contributed by atoms with Crippen molar-refractivity contribution in [2.45, 2.75) is 37.4 Å². The van der Waals surface area contributed by atoms with Gasteiger partial charge in [0.25, 0.3) is 0 Å². The van der Waals surface area contributed by atoms with Crippen LogP contribution in [0.25, 0.3) is 0 Å². The number of hydrogen-bond donors (Lipinski definition) is 9. The van der Waals surface area contributed by atoms with Crippen LogP contribution in [0, 0.1) is 0 Å². The first kappa shape index (κ1) is 49.0. The molecule has 0 bridgehead atoms. The maximum Gasteiger partial charge on any atom is 0.326 e. The maximum atomic E-state index is 13.1. The normalized spacial score (nSPS) is 12.6. The number of rotatable bonds is 29. The number of carboxylic acids is 5. The first-order chi connectivity index (χ1) is 29.0. The third-order valence-electron chi connectivity index (χ3n) is 9.11. The number of amides is 1. The molecule has 0 saturated heterocycles. The molecular weight excluding hydrogens is 821 g/mol. The molecule has 3 aromatic carbocycles. The predicted molar refractivity (Wildman–Crippen MR) is 220 cm³/mol. The smallest absolute Gasteiger partial charge is 0.326 e. The van der Waals surface area contributed by atoms with Crippen molar-refractivity contribution in [3.05, 3.63) is 89.5 Å². The summed E-state index contributed by atoms with van der Waals surface area (Å²) in [6, 6.07) is 15.0. The Morgan fingerprint density at radius 2 is 1.10 bits per heavy atom. The summed E-state index contributed by atoms with van der Waals surface area (Å²) in [4.78, 5) is 86.7. The second kappa shape index (κ2) is 25.3. The molecule has 61 heavy (non-hydrogen) atoms. The molecule has 0 fully saturated rings. The van der Waals surface area contributed by atoms with Gasteiger partial charge in [0, 0.05) is 45.1 Å². The summed E-state index contributed by atoms with van der Waals surface area (Å²) in [6.07, 6.45) is 0.0190. The lowest BCUT2D eigenvalue weighted by Gasteiger charge is -2.35. The average molecular weight is 869 g/mol. The van der Waals surface area contributed by atoms with Gasteiger partial charge in [-0.2, -0.15) is 10.5 Å². The van der Waals surface area contributed by atoms with Gasteiger partial charge >= 0.3 is 29.8 Å². The van der Waals surface area contributed by atoms with Crippen molar-refractivity contribution in [1.29, 1.82) is 0 Å². The molecule has 0 heterocycles. The average Bonchev–Trinajstić information content (AvgIpc) is 3.18. The van der Waals surface area contributed by atoms with Crippen LogP contribution in [0.15, 0.2) is 77.8 Å². The van der Waals surface area contributed by atoms with Crippen LogP contribution in [0.5, 0.6) is 11.5 Å². The third-order valence-corrected chi connectivity index (χ3v) is 9.20. The molecule has 3 rings (SSSR count). The van der Waals surface area contributed by atoms with Gasteiger partial charge in [-0.15, -0.1) is 0 Å². The Bertz CT molecular complexity index is 1980. The second-order valence-electron chi connectivity index (χ2n) is 13.9. The number of nitrogens with zero attached hydrogens (tertiary/aromatic N) is 4. The largest absolute Gasteiger partial charge is 0.508 e. The molecule has 0 aliphatic carbocycles. The van der Waals surface area contributed by atoms with Gasteiger partial charge in [0.15, 0.2) is 0 Å². The Balaban J connectivity index is 1.81. The van der Waals surface area contributed by atoms with E-state index >= 15 is 0 Å². The predicted octanol–water partition coefficient (Wildman–Crippen LogP) is 0.932. The quantitative estimate of drug-likeness (QED) is 0.0203. The Morgan fingerprint density at radius 1 is 0.623 bits per heavy atom. The van der Waals surface area contributed by atoms with Crippen LogP contribution in [0.2, 0.25) is 0 Å². The van der Waals surface area contributed by atoms with Gasteiger partial charge in [-0.05, 0) is 71.7 Å². The summed E-state index contributed by atoms with van der Waals surface area (Å²) < 4.78 is 0. The highest BCUT2D eigenvalue weighted by atomic mass is 32.1. The number of benzene rings is 3. The zero-order valence-electron chi connectivity index (χ0n) is 32.8. The minimum absolute atomic E-state index is 0.00386. The number of nitrogens with one attached hydrogen (secondary N) is 2. The standard InChI is InChI=1S/C40H48N6O14S/c47-31-9-3-27(4-10-31)18-33(39(56)57)42-35(49)21-45(23-37(52)53)14-13-44(22-36(50)51)20-30(17-26-1-7-29(8-2-26)41-25-61)46(24-38(54)55)15-16-60-43-34(40(58)59)19-28-5-11-32(48)12-6-28/h1-12,30,33-34,43,47-48H,13-24H2,(H,42,49)(H,50,51)(H,52,53)(H,54,55)(H,56,57)(H,58,59). The van der Waals surface area contributed by atoms with Crippen molar-refractivity contribution in [3.63, 3.8) is 0 Å². The number of isothiocyanates is 1. The number of phenols is 2. The molecular formula is C40H48N6O14S. The first-order valence-corrected chi connectivity index (χ1v) is 19.1. The van der Waals surface area contributed by atoms with Crippen LogP contribution >= 0.6 is 12.2 Å². The van der Waals surface area contributed by atoms with Gasteiger partial charge in [-0.1, -0.05) is 36.4 Å². The van der Waals surface area contributed by atoms with Crippen molar-refractivity contribution >= 4 is 58.8 Å². The third kappa shape index (κ3) is 19.1. The number of carboxylic acid groups (broad SMARTS) is 5. The van der Waals surface area contributed by atoms with E-state index < -0.39 is 80.1 Å². The SMILES string of the molecule is O=C(O)CN(CCN(CC(=O)O)CC(Cc1ccc(N=C=S)cc1)N(CCONC(Cc1ccc(O)cc1)C(=O)O)CC(=O)O)CC(=O)NC(Cc1ccc(O)cc1)C(=O)O. The molecule has 9 N–H and O–H groups in total. The number of hydrogen-bond acceptors (Lipinski definition) is 15. The van der Waals surface area contributed by atoms with Crippen LogP contribution in [0.4, 0.5) is 5.69 Å². The number of hydroxylamine groups is 1. The summed E-state index contributed by atoms with van der Waals surface area (Å²) in [5.74, 6) is -7.23. The minimum Gasteiger partial charge on any atom is -0.508 e. The van der Waals surface area contributed by atoms with Crippen molar-refractivity contribution < 1.29 is 69.4 Å². The van der Waals surface area contributed by atoms with Crippen LogP contribution < -0.4 is 10.8 Å². The lowest BCUT2D eigenvalue weighted by atomic mass is 10.0. The number of aromatic hydroxyl groups is 2. The molecule has 0 aromatic heterocycles. The molecule has 20 nitrogen and oxygen atoms in total. The van der Waals surface area contributed by atoms with Gasteiger partial charge in [0.1, 0.15) is 23.6 Å². The fraction of sp³-hybridized carbons (Fsp3) is 0.375. The zero-order chi connectivity index (χ0) is 44.9.